The van der Waals surface area contributed by atoms with E-state index in [2.05, 4.69) is 24.1 Å². The molecule has 0 spiro atoms. The Labute approximate surface area is 120 Å². The Hall–Kier alpha value is -1.29. The number of aromatic nitrogens is 1. The van der Waals surface area contributed by atoms with Crippen molar-refractivity contribution in [1.29, 1.82) is 0 Å². The molecule has 0 aliphatic rings. The van der Waals surface area contributed by atoms with E-state index in [1.807, 2.05) is 11.8 Å². The van der Waals surface area contributed by atoms with Gasteiger partial charge in [0.15, 0.2) is 0 Å². The Morgan fingerprint density at radius 2 is 2.05 bits per heavy atom. The number of carbonyl (C=O) groups excluding carboxylic acids is 1. The van der Waals surface area contributed by atoms with Gasteiger partial charge in [0.05, 0.1) is 0 Å². The van der Waals surface area contributed by atoms with Crippen molar-refractivity contribution in [1.82, 2.24) is 9.88 Å². The summed E-state index contributed by atoms with van der Waals surface area (Å²) in [5.74, 6) is 0.665. The molecule has 0 aliphatic carbocycles. The van der Waals surface area contributed by atoms with Crippen molar-refractivity contribution in [2.24, 2.45) is 0 Å². The fourth-order valence-electron chi connectivity index (χ4n) is 1.82. The molecule has 0 bridgehead atoms. The van der Waals surface area contributed by atoms with Crippen LogP contribution in [0.1, 0.15) is 44.0 Å². The number of pyridine rings is 1. The number of nitrogens with one attached hydrogen (secondary N) is 1. The van der Waals surface area contributed by atoms with Crippen molar-refractivity contribution >= 4 is 23.3 Å². The summed E-state index contributed by atoms with van der Waals surface area (Å²) in [6, 6.07) is 3.39. The van der Waals surface area contributed by atoms with Crippen LogP contribution in [0.4, 0.5) is 5.82 Å². The van der Waals surface area contributed by atoms with E-state index in [-0.39, 0.29) is 5.91 Å². The highest BCUT2D eigenvalue weighted by atomic mass is 35.5. The van der Waals surface area contributed by atoms with E-state index in [0.717, 1.165) is 25.9 Å². The van der Waals surface area contributed by atoms with Crippen molar-refractivity contribution in [2.75, 3.05) is 25.0 Å². The van der Waals surface area contributed by atoms with Gasteiger partial charge in [-0.3, -0.25) is 4.79 Å². The molecule has 0 aromatic carbocycles. The van der Waals surface area contributed by atoms with E-state index >= 15 is 0 Å². The Balaban J connectivity index is 2.92. The van der Waals surface area contributed by atoms with Crippen LogP contribution in [-0.4, -0.2) is 35.4 Å². The van der Waals surface area contributed by atoms with E-state index in [1.54, 1.807) is 12.1 Å². The van der Waals surface area contributed by atoms with Gasteiger partial charge in [0, 0.05) is 25.2 Å². The first-order valence-electron chi connectivity index (χ1n) is 6.83. The zero-order valence-corrected chi connectivity index (χ0v) is 12.6. The standard InChI is InChI=1S/C14H22ClN3O/c1-4-7-16-13-10-11(9-12(15)17-13)14(19)18(6-3)8-5-2/h9-10H,4-8H2,1-3H3,(H,16,17). The summed E-state index contributed by atoms with van der Waals surface area (Å²) in [4.78, 5) is 18.3. The van der Waals surface area contributed by atoms with E-state index in [9.17, 15) is 4.79 Å². The molecule has 0 unspecified atom stereocenters. The maximum Gasteiger partial charge on any atom is 0.254 e. The summed E-state index contributed by atoms with van der Waals surface area (Å²) < 4.78 is 0. The predicted molar refractivity (Wildman–Crippen MR) is 79.9 cm³/mol. The third-order valence-electron chi connectivity index (χ3n) is 2.76. The highest BCUT2D eigenvalue weighted by Gasteiger charge is 2.15. The van der Waals surface area contributed by atoms with Crippen molar-refractivity contribution in [3.63, 3.8) is 0 Å². The molecule has 1 rings (SSSR count). The molecule has 1 aromatic rings. The van der Waals surface area contributed by atoms with Crippen LogP contribution in [0, 0.1) is 0 Å². The number of hydrogen-bond acceptors (Lipinski definition) is 3. The summed E-state index contributed by atoms with van der Waals surface area (Å²) >= 11 is 5.98. The molecule has 1 amide bonds. The number of nitrogens with zero attached hydrogens (tertiary/aromatic N) is 2. The number of halogens is 1. The maximum atomic E-state index is 12.4. The second-order valence-corrected chi connectivity index (χ2v) is 4.76. The van der Waals surface area contributed by atoms with Crippen molar-refractivity contribution in [3.05, 3.63) is 22.8 Å². The number of rotatable bonds is 7. The molecule has 5 heteroatoms. The summed E-state index contributed by atoms with van der Waals surface area (Å²) in [6.07, 6.45) is 1.94. The summed E-state index contributed by atoms with van der Waals surface area (Å²) in [5.41, 5.74) is 0.592. The highest BCUT2D eigenvalue weighted by Crippen LogP contribution is 2.16. The molecule has 4 nitrogen and oxygen atoms in total. The number of hydrogen-bond donors (Lipinski definition) is 1. The molecule has 106 valence electrons. The second-order valence-electron chi connectivity index (χ2n) is 4.38. The Bertz CT molecular complexity index is 423. The van der Waals surface area contributed by atoms with Crippen molar-refractivity contribution < 1.29 is 4.79 Å². The Morgan fingerprint density at radius 1 is 1.32 bits per heavy atom. The molecule has 0 aliphatic heterocycles. The van der Waals surface area contributed by atoms with Crippen LogP contribution >= 0.6 is 11.6 Å². The highest BCUT2D eigenvalue weighted by molar-refractivity contribution is 6.29. The fourth-order valence-corrected chi connectivity index (χ4v) is 2.03. The van der Waals surface area contributed by atoms with Gasteiger partial charge in [-0.1, -0.05) is 25.4 Å². The Kier molecular flexibility index (Phi) is 6.64. The van der Waals surface area contributed by atoms with E-state index in [1.165, 1.54) is 0 Å². The van der Waals surface area contributed by atoms with Crippen LogP contribution in [0.3, 0.4) is 0 Å². The topological polar surface area (TPSA) is 45.2 Å². The van der Waals surface area contributed by atoms with Gasteiger partial charge in [0.2, 0.25) is 0 Å². The van der Waals surface area contributed by atoms with Gasteiger partial charge >= 0.3 is 0 Å². The zero-order chi connectivity index (χ0) is 14.3. The smallest absolute Gasteiger partial charge is 0.254 e. The maximum absolute atomic E-state index is 12.4. The van der Waals surface area contributed by atoms with Gasteiger partial charge in [-0.15, -0.1) is 0 Å². The monoisotopic (exact) mass is 283 g/mol. The normalized spacial score (nSPS) is 10.3. The van der Waals surface area contributed by atoms with Gasteiger partial charge < -0.3 is 10.2 Å². The Morgan fingerprint density at radius 3 is 2.63 bits per heavy atom. The zero-order valence-electron chi connectivity index (χ0n) is 11.9. The van der Waals surface area contributed by atoms with Crippen LogP contribution in [0.5, 0.6) is 0 Å². The van der Waals surface area contributed by atoms with Gasteiger partial charge in [-0.25, -0.2) is 4.98 Å². The van der Waals surface area contributed by atoms with Gasteiger partial charge in [0.25, 0.3) is 5.91 Å². The lowest BCUT2D eigenvalue weighted by Crippen LogP contribution is -2.31. The van der Waals surface area contributed by atoms with Gasteiger partial charge in [-0.2, -0.15) is 0 Å². The van der Waals surface area contributed by atoms with Gasteiger partial charge in [-0.05, 0) is 31.9 Å². The number of carbonyl (C=O) groups is 1. The summed E-state index contributed by atoms with van der Waals surface area (Å²) in [7, 11) is 0. The largest absolute Gasteiger partial charge is 0.370 e. The number of anilines is 1. The third-order valence-corrected chi connectivity index (χ3v) is 2.95. The predicted octanol–water partition coefficient (Wildman–Crippen LogP) is 3.43. The molecule has 1 heterocycles. The van der Waals surface area contributed by atoms with Crippen molar-refractivity contribution in [2.45, 2.75) is 33.6 Å². The molecule has 0 saturated heterocycles. The first-order valence-corrected chi connectivity index (χ1v) is 7.20. The molecule has 0 radical (unpaired) electrons. The lowest BCUT2D eigenvalue weighted by molar-refractivity contribution is 0.0764. The van der Waals surface area contributed by atoms with Crippen LogP contribution < -0.4 is 5.32 Å². The molecule has 0 fully saturated rings. The summed E-state index contributed by atoms with van der Waals surface area (Å²) in [5, 5.41) is 3.50. The third kappa shape index (κ3) is 4.71. The minimum absolute atomic E-state index is 0.00759. The average Bonchev–Trinajstić information content (AvgIpc) is 2.41. The fraction of sp³-hybridized carbons (Fsp3) is 0.571. The minimum Gasteiger partial charge on any atom is -0.370 e. The number of amides is 1. The minimum atomic E-state index is 0.00759. The SMILES string of the molecule is CCCNc1cc(C(=O)N(CC)CCC)cc(Cl)n1. The van der Waals surface area contributed by atoms with Gasteiger partial charge in [0.1, 0.15) is 11.0 Å². The quantitative estimate of drug-likeness (QED) is 0.780. The van der Waals surface area contributed by atoms with Crippen LogP contribution in [0.15, 0.2) is 12.1 Å². The van der Waals surface area contributed by atoms with E-state index in [0.29, 0.717) is 23.1 Å². The molecule has 1 aromatic heterocycles. The van der Waals surface area contributed by atoms with Crippen LogP contribution in [-0.2, 0) is 0 Å². The molecule has 1 N–H and O–H groups in total. The molecule has 0 atom stereocenters. The molecular weight excluding hydrogens is 262 g/mol. The molecular formula is C14H22ClN3O. The second kappa shape index (κ2) is 8.00. The lowest BCUT2D eigenvalue weighted by atomic mass is 10.2. The van der Waals surface area contributed by atoms with E-state index < -0.39 is 0 Å². The average molecular weight is 284 g/mol. The summed E-state index contributed by atoms with van der Waals surface area (Å²) in [6.45, 7) is 8.38. The van der Waals surface area contributed by atoms with Crippen LogP contribution in [0.25, 0.3) is 0 Å². The molecule has 0 saturated carbocycles. The first-order chi connectivity index (χ1) is 9.12. The van der Waals surface area contributed by atoms with E-state index in [4.69, 9.17) is 11.6 Å². The first kappa shape index (κ1) is 15.8. The van der Waals surface area contributed by atoms with Crippen LogP contribution in [0.2, 0.25) is 5.15 Å². The van der Waals surface area contributed by atoms with Crippen molar-refractivity contribution in [3.8, 4) is 0 Å². The lowest BCUT2D eigenvalue weighted by Gasteiger charge is -2.20. The molecule has 19 heavy (non-hydrogen) atoms.